The van der Waals surface area contributed by atoms with Gasteiger partial charge in [0.25, 0.3) is 5.91 Å². The van der Waals surface area contributed by atoms with Crippen molar-refractivity contribution < 1.29 is 14.3 Å². The van der Waals surface area contributed by atoms with Gasteiger partial charge in [-0.2, -0.15) is 0 Å². The highest BCUT2D eigenvalue weighted by Crippen LogP contribution is 2.30. The SMILES string of the molecule is CN(CC1(O)CCCC1)C(=O)c1cc(N)cc(F)c1. The fraction of sp³-hybridized carbons (Fsp3) is 0.500. The molecule has 2 rings (SSSR count). The molecule has 0 unspecified atom stereocenters. The fourth-order valence-electron chi connectivity index (χ4n) is 2.66. The summed E-state index contributed by atoms with van der Waals surface area (Å²) in [6.07, 6.45) is 3.36. The van der Waals surface area contributed by atoms with Crippen LogP contribution >= 0.6 is 0 Å². The van der Waals surface area contributed by atoms with Crippen molar-refractivity contribution in [3.8, 4) is 0 Å². The zero-order valence-electron chi connectivity index (χ0n) is 11.0. The van der Waals surface area contributed by atoms with Gasteiger partial charge in [0.2, 0.25) is 0 Å². The standard InChI is InChI=1S/C14H19FN2O2/c1-17(9-14(19)4-2-3-5-14)13(18)10-6-11(15)8-12(16)7-10/h6-8,19H,2-5,9,16H2,1H3. The van der Waals surface area contributed by atoms with Crippen molar-refractivity contribution in [2.75, 3.05) is 19.3 Å². The Morgan fingerprint density at radius 3 is 2.63 bits per heavy atom. The molecule has 1 aromatic rings. The quantitative estimate of drug-likeness (QED) is 0.820. The van der Waals surface area contributed by atoms with Crippen LogP contribution in [-0.2, 0) is 0 Å². The molecule has 1 saturated carbocycles. The maximum absolute atomic E-state index is 13.2. The van der Waals surface area contributed by atoms with Gasteiger partial charge < -0.3 is 15.7 Å². The van der Waals surface area contributed by atoms with Gasteiger partial charge in [-0.15, -0.1) is 0 Å². The number of carbonyl (C=O) groups excluding carboxylic acids is 1. The number of nitrogen functional groups attached to an aromatic ring is 1. The van der Waals surface area contributed by atoms with E-state index in [0.717, 1.165) is 18.9 Å². The second-order valence-corrected chi connectivity index (χ2v) is 5.37. The normalized spacial score (nSPS) is 17.4. The number of hydrogen-bond donors (Lipinski definition) is 2. The van der Waals surface area contributed by atoms with Crippen molar-refractivity contribution in [1.29, 1.82) is 0 Å². The number of carbonyl (C=O) groups is 1. The van der Waals surface area contributed by atoms with Crippen LogP contribution in [0.15, 0.2) is 18.2 Å². The molecule has 1 fully saturated rings. The molecule has 0 heterocycles. The topological polar surface area (TPSA) is 66.6 Å². The molecule has 19 heavy (non-hydrogen) atoms. The number of likely N-dealkylation sites (N-methyl/N-ethyl adjacent to an activating group) is 1. The van der Waals surface area contributed by atoms with Gasteiger partial charge in [0.1, 0.15) is 5.82 Å². The van der Waals surface area contributed by atoms with Crippen LogP contribution in [0.4, 0.5) is 10.1 Å². The second-order valence-electron chi connectivity index (χ2n) is 5.37. The van der Waals surface area contributed by atoms with Crippen LogP contribution in [0.1, 0.15) is 36.0 Å². The van der Waals surface area contributed by atoms with E-state index < -0.39 is 11.4 Å². The first-order chi connectivity index (χ1) is 8.89. The molecule has 0 atom stereocenters. The number of hydrogen-bond acceptors (Lipinski definition) is 3. The van der Waals surface area contributed by atoms with Gasteiger partial charge in [-0.1, -0.05) is 12.8 Å². The van der Waals surface area contributed by atoms with Gasteiger partial charge in [0, 0.05) is 24.8 Å². The monoisotopic (exact) mass is 266 g/mol. The van der Waals surface area contributed by atoms with E-state index in [4.69, 9.17) is 5.73 Å². The largest absolute Gasteiger partial charge is 0.399 e. The molecule has 0 aliphatic heterocycles. The van der Waals surface area contributed by atoms with Gasteiger partial charge >= 0.3 is 0 Å². The Bertz CT molecular complexity index is 464. The van der Waals surface area contributed by atoms with Crippen LogP contribution in [0.25, 0.3) is 0 Å². The van der Waals surface area contributed by atoms with Crippen molar-refractivity contribution in [2.45, 2.75) is 31.3 Å². The smallest absolute Gasteiger partial charge is 0.253 e. The predicted molar refractivity (Wildman–Crippen MR) is 71.2 cm³/mol. The van der Waals surface area contributed by atoms with E-state index in [9.17, 15) is 14.3 Å². The Morgan fingerprint density at radius 1 is 1.42 bits per heavy atom. The maximum Gasteiger partial charge on any atom is 0.253 e. The zero-order valence-corrected chi connectivity index (χ0v) is 11.0. The van der Waals surface area contributed by atoms with Crippen LogP contribution < -0.4 is 5.73 Å². The van der Waals surface area contributed by atoms with Gasteiger partial charge in [-0.05, 0) is 31.0 Å². The third-order valence-electron chi connectivity index (χ3n) is 3.58. The summed E-state index contributed by atoms with van der Waals surface area (Å²) in [6.45, 7) is 0.266. The lowest BCUT2D eigenvalue weighted by Gasteiger charge is -2.28. The second kappa shape index (κ2) is 5.17. The lowest BCUT2D eigenvalue weighted by atomic mass is 10.0. The molecule has 0 spiro atoms. The summed E-state index contributed by atoms with van der Waals surface area (Å²) < 4.78 is 13.2. The molecule has 0 saturated heterocycles. The average Bonchev–Trinajstić information content (AvgIpc) is 2.73. The van der Waals surface area contributed by atoms with Crippen LogP contribution in [0.5, 0.6) is 0 Å². The van der Waals surface area contributed by atoms with Crippen LogP contribution in [-0.4, -0.2) is 35.1 Å². The molecule has 0 radical (unpaired) electrons. The molecular weight excluding hydrogens is 247 g/mol. The number of benzene rings is 1. The van der Waals surface area contributed by atoms with Gasteiger partial charge in [-0.25, -0.2) is 4.39 Å². The number of nitrogens with two attached hydrogens (primary N) is 1. The van der Waals surface area contributed by atoms with E-state index in [1.807, 2.05) is 0 Å². The van der Waals surface area contributed by atoms with E-state index in [1.54, 1.807) is 7.05 Å². The molecule has 1 aliphatic carbocycles. The molecule has 1 aromatic carbocycles. The average molecular weight is 266 g/mol. The Kier molecular flexibility index (Phi) is 3.75. The number of anilines is 1. The van der Waals surface area contributed by atoms with E-state index in [2.05, 4.69) is 0 Å². The number of rotatable bonds is 3. The van der Waals surface area contributed by atoms with Crippen molar-refractivity contribution >= 4 is 11.6 Å². The zero-order chi connectivity index (χ0) is 14.0. The molecule has 0 bridgehead atoms. The first kappa shape index (κ1) is 13.8. The first-order valence-electron chi connectivity index (χ1n) is 6.44. The molecule has 1 amide bonds. The van der Waals surface area contributed by atoms with Crippen molar-refractivity contribution in [3.63, 3.8) is 0 Å². The number of amides is 1. The summed E-state index contributed by atoms with van der Waals surface area (Å²) in [7, 11) is 1.61. The van der Waals surface area contributed by atoms with Crippen molar-refractivity contribution in [1.82, 2.24) is 4.90 Å². The highest BCUT2D eigenvalue weighted by atomic mass is 19.1. The Labute approximate surface area is 112 Å². The molecular formula is C14H19FN2O2. The predicted octanol–water partition coefficient (Wildman–Crippen LogP) is 1.79. The summed E-state index contributed by atoms with van der Waals surface area (Å²) in [5.41, 5.74) is 5.15. The van der Waals surface area contributed by atoms with Crippen molar-refractivity contribution in [2.24, 2.45) is 0 Å². The first-order valence-corrected chi connectivity index (χ1v) is 6.44. The summed E-state index contributed by atoms with van der Waals surface area (Å²) >= 11 is 0. The highest BCUT2D eigenvalue weighted by molar-refractivity contribution is 5.95. The number of aliphatic hydroxyl groups is 1. The van der Waals surface area contributed by atoms with Crippen molar-refractivity contribution in [3.05, 3.63) is 29.6 Å². The van der Waals surface area contributed by atoms with E-state index in [1.165, 1.54) is 17.0 Å². The Hall–Kier alpha value is -1.62. The van der Waals surface area contributed by atoms with E-state index in [-0.39, 0.29) is 23.7 Å². The lowest BCUT2D eigenvalue weighted by molar-refractivity contribution is 0.0156. The molecule has 0 aromatic heterocycles. The third kappa shape index (κ3) is 3.23. The van der Waals surface area contributed by atoms with Gasteiger partial charge in [0.15, 0.2) is 0 Å². The molecule has 3 N–H and O–H groups in total. The number of nitrogens with zero attached hydrogens (tertiary/aromatic N) is 1. The molecule has 1 aliphatic rings. The fourth-order valence-corrected chi connectivity index (χ4v) is 2.66. The Morgan fingerprint density at radius 2 is 2.05 bits per heavy atom. The lowest BCUT2D eigenvalue weighted by Crippen LogP contribution is -2.42. The highest BCUT2D eigenvalue weighted by Gasteiger charge is 2.33. The summed E-state index contributed by atoms with van der Waals surface area (Å²) in [6, 6.07) is 3.77. The summed E-state index contributed by atoms with van der Waals surface area (Å²) in [5, 5.41) is 10.3. The van der Waals surface area contributed by atoms with Gasteiger partial charge in [-0.3, -0.25) is 4.79 Å². The Balaban J connectivity index is 2.10. The van der Waals surface area contributed by atoms with Crippen LogP contribution in [0, 0.1) is 5.82 Å². The summed E-state index contributed by atoms with van der Waals surface area (Å²) in [5.74, 6) is -0.858. The minimum absolute atomic E-state index is 0.210. The molecule has 4 nitrogen and oxygen atoms in total. The van der Waals surface area contributed by atoms with Gasteiger partial charge in [0.05, 0.1) is 5.60 Å². The number of halogens is 1. The minimum Gasteiger partial charge on any atom is -0.399 e. The molecule has 104 valence electrons. The van der Waals surface area contributed by atoms with E-state index >= 15 is 0 Å². The van der Waals surface area contributed by atoms with Crippen LogP contribution in [0.3, 0.4) is 0 Å². The summed E-state index contributed by atoms with van der Waals surface area (Å²) in [4.78, 5) is 13.6. The maximum atomic E-state index is 13.2. The third-order valence-corrected chi connectivity index (χ3v) is 3.58. The molecule has 5 heteroatoms. The minimum atomic E-state index is -0.802. The van der Waals surface area contributed by atoms with Crippen LogP contribution in [0.2, 0.25) is 0 Å². The van der Waals surface area contributed by atoms with E-state index in [0.29, 0.717) is 12.8 Å².